The third-order valence-corrected chi connectivity index (χ3v) is 5.95. The minimum Gasteiger partial charge on any atom is -0.444 e. The van der Waals surface area contributed by atoms with E-state index in [1.807, 2.05) is 32.5 Å². The molecule has 2 N–H and O–H groups in total. The summed E-state index contributed by atoms with van der Waals surface area (Å²) in [7, 11) is 0. The highest BCUT2D eigenvalue weighted by Crippen LogP contribution is 2.25. The van der Waals surface area contributed by atoms with Crippen molar-refractivity contribution in [2.45, 2.75) is 51.4 Å². The zero-order chi connectivity index (χ0) is 19.7. The van der Waals surface area contributed by atoms with Crippen molar-refractivity contribution in [2.24, 2.45) is 4.99 Å². The lowest BCUT2D eigenvalue weighted by atomic mass is 10.2. The maximum absolute atomic E-state index is 12.1. The predicted octanol–water partition coefficient (Wildman–Crippen LogP) is 1.99. The Morgan fingerprint density at radius 3 is 2.56 bits per heavy atom. The van der Waals surface area contributed by atoms with Crippen LogP contribution in [0.25, 0.3) is 0 Å². The number of hydrogen-bond acceptors (Lipinski definition) is 5. The largest absolute Gasteiger partial charge is 0.444 e. The second-order valence-corrected chi connectivity index (χ2v) is 9.50. The van der Waals surface area contributed by atoms with E-state index in [9.17, 15) is 4.79 Å². The summed E-state index contributed by atoms with van der Waals surface area (Å²) >= 11 is 2.04. The number of nitrogens with one attached hydrogen (secondary N) is 2. The molecule has 7 nitrogen and oxygen atoms in total. The Morgan fingerprint density at radius 2 is 1.96 bits per heavy atom. The van der Waals surface area contributed by atoms with Gasteiger partial charge in [0.15, 0.2) is 5.96 Å². The summed E-state index contributed by atoms with van der Waals surface area (Å²) in [6, 6.07) is 0. The first-order valence-electron chi connectivity index (χ1n) is 10.2. The summed E-state index contributed by atoms with van der Waals surface area (Å²) in [6.07, 6.45) is 2.41. The fourth-order valence-electron chi connectivity index (χ4n) is 3.14. The maximum Gasteiger partial charge on any atom is 0.410 e. The van der Waals surface area contributed by atoms with Gasteiger partial charge in [-0.15, -0.1) is 0 Å². The van der Waals surface area contributed by atoms with Gasteiger partial charge >= 0.3 is 6.09 Å². The number of hydrogen-bond donors (Lipinski definition) is 2. The molecular weight excluding hydrogens is 362 g/mol. The predicted molar refractivity (Wildman–Crippen MR) is 114 cm³/mol. The Kier molecular flexibility index (Phi) is 9.02. The number of carbonyl (C=O) groups excluding carboxylic acids is 1. The number of ether oxygens (including phenoxy) is 1. The van der Waals surface area contributed by atoms with Gasteiger partial charge in [0.25, 0.3) is 0 Å². The minimum atomic E-state index is -0.433. The van der Waals surface area contributed by atoms with E-state index in [0.717, 1.165) is 58.3 Å². The van der Waals surface area contributed by atoms with Crippen LogP contribution in [0.5, 0.6) is 0 Å². The number of rotatable bonds is 6. The van der Waals surface area contributed by atoms with E-state index in [1.54, 1.807) is 4.90 Å². The third-order valence-electron chi connectivity index (χ3n) is 4.57. The summed E-state index contributed by atoms with van der Waals surface area (Å²) in [4.78, 5) is 21.0. The fourth-order valence-corrected chi connectivity index (χ4v) is 4.32. The van der Waals surface area contributed by atoms with Gasteiger partial charge < -0.3 is 20.3 Å². The van der Waals surface area contributed by atoms with E-state index in [-0.39, 0.29) is 6.09 Å². The van der Waals surface area contributed by atoms with Crippen molar-refractivity contribution in [3.63, 3.8) is 0 Å². The SMILES string of the molecule is CCNC(=NCC1CCCS1)NCCN1CCN(C(=O)OC(C)(C)C)CC1. The van der Waals surface area contributed by atoms with Crippen molar-refractivity contribution in [3.05, 3.63) is 0 Å². The minimum absolute atomic E-state index is 0.202. The van der Waals surface area contributed by atoms with Crippen molar-refractivity contribution >= 4 is 23.8 Å². The first kappa shape index (κ1) is 22.1. The van der Waals surface area contributed by atoms with Crippen molar-refractivity contribution in [2.75, 3.05) is 58.1 Å². The van der Waals surface area contributed by atoms with Crippen LogP contribution in [0.2, 0.25) is 0 Å². The molecule has 2 aliphatic rings. The van der Waals surface area contributed by atoms with Crippen LogP contribution in [-0.4, -0.2) is 90.8 Å². The van der Waals surface area contributed by atoms with Gasteiger partial charge in [0, 0.05) is 51.1 Å². The fraction of sp³-hybridized carbons (Fsp3) is 0.895. The molecule has 27 heavy (non-hydrogen) atoms. The van der Waals surface area contributed by atoms with Gasteiger partial charge in [-0.2, -0.15) is 11.8 Å². The first-order chi connectivity index (χ1) is 12.9. The van der Waals surface area contributed by atoms with Crippen LogP contribution in [-0.2, 0) is 4.74 Å². The van der Waals surface area contributed by atoms with E-state index in [2.05, 4.69) is 22.5 Å². The molecule has 8 heteroatoms. The van der Waals surface area contributed by atoms with Crippen LogP contribution in [0.1, 0.15) is 40.5 Å². The number of amides is 1. The summed E-state index contributed by atoms with van der Waals surface area (Å²) < 4.78 is 5.45. The number of aliphatic imine (C=N–C) groups is 1. The van der Waals surface area contributed by atoms with E-state index in [1.165, 1.54) is 18.6 Å². The van der Waals surface area contributed by atoms with Crippen molar-refractivity contribution < 1.29 is 9.53 Å². The molecule has 0 aliphatic carbocycles. The van der Waals surface area contributed by atoms with Gasteiger partial charge in [-0.3, -0.25) is 9.89 Å². The lowest BCUT2D eigenvalue weighted by Gasteiger charge is -2.35. The van der Waals surface area contributed by atoms with Crippen LogP contribution in [0, 0.1) is 0 Å². The van der Waals surface area contributed by atoms with E-state index < -0.39 is 5.60 Å². The molecule has 0 bridgehead atoms. The average Bonchev–Trinajstić information content (AvgIpc) is 3.12. The molecule has 0 aromatic rings. The smallest absolute Gasteiger partial charge is 0.410 e. The summed E-state index contributed by atoms with van der Waals surface area (Å²) in [5.74, 6) is 2.19. The molecule has 0 radical (unpaired) electrons. The Labute approximate surface area is 168 Å². The number of guanidine groups is 1. The molecule has 0 spiro atoms. The van der Waals surface area contributed by atoms with Crippen LogP contribution < -0.4 is 10.6 Å². The van der Waals surface area contributed by atoms with Gasteiger partial charge in [-0.05, 0) is 46.3 Å². The first-order valence-corrected chi connectivity index (χ1v) is 11.3. The Bertz CT molecular complexity index is 481. The molecular formula is C19H37N5O2S. The number of nitrogens with zero attached hydrogens (tertiary/aromatic N) is 3. The monoisotopic (exact) mass is 399 g/mol. The quantitative estimate of drug-likeness (QED) is 0.526. The topological polar surface area (TPSA) is 69.2 Å². The van der Waals surface area contributed by atoms with E-state index >= 15 is 0 Å². The molecule has 2 rings (SSSR count). The molecule has 0 saturated carbocycles. The second-order valence-electron chi connectivity index (χ2n) is 8.09. The highest BCUT2D eigenvalue weighted by molar-refractivity contribution is 8.00. The second kappa shape index (κ2) is 11.0. The van der Waals surface area contributed by atoms with Gasteiger partial charge in [0.05, 0.1) is 6.54 Å². The molecule has 0 aromatic heterocycles. The molecule has 2 aliphatic heterocycles. The lowest BCUT2D eigenvalue weighted by Crippen LogP contribution is -2.51. The van der Waals surface area contributed by atoms with Gasteiger partial charge in [0.2, 0.25) is 0 Å². The molecule has 1 unspecified atom stereocenters. The Balaban J connectivity index is 1.66. The van der Waals surface area contributed by atoms with Crippen LogP contribution in [0.4, 0.5) is 4.79 Å². The van der Waals surface area contributed by atoms with Crippen molar-refractivity contribution in [3.8, 4) is 0 Å². The Morgan fingerprint density at radius 1 is 1.22 bits per heavy atom. The molecule has 2 saturated heterocycles. The molecule has 156 valence electrons. The zero-order valence-electron chi connectivity index (χ0n) is 17.4. The summed E-state index contributed by atoms with van der Waals surface area (Å²) in [5, 5.41) is 7.45. The summed E-state index contributed by atoms with van der Waals surface area (Å²) in [6.45, 7) is 14.6. The van der Waals surface area contributed by atoms with Crippen LogP contribution in [0.15, 0.2) is 4.99 Å². The van der Waals surface area contributed by atoms with Crippen LogP contribution in [0.3, 0.4) is 0 Å². The molecule has 2 heterocycles. The van der Waals surface area contributed by atoms with Crippen LogP contribution >= 0.6 is 11.8 Å². The number of carbonyl (C=O) groups is 1. The van der Waals surface area contributed by atoms with Gasteiger partial charge in [-0.25, -0.2) is 4.79 Å². The average molecular weight is 400 g/mol. The molecule has 0 aromatic carbocycles. The standard InChI is InChI=1S/C19H37N5O2S/c1-5-20-17(22-15-16-7-6-14-27-16)21-8-9-23-10-12-24(13-11-23)18(25)26-19(2,3)4/h16H,5-15H2,1-4H3,(H2,20,21,22). The van der Waals surface area contributed by atoms with Gasteiger partial charge in [0.1, 0.15) is 5.60 Å². The number of thioether (sulfide) groups is 1. The van der Waals surface area contributed by atoms with Gasteiger partial charge in [-0.1, -0.05) is 0 Å². The molecule has 1 amide bonds. The highest BCUT2D eigenvalue weighted by Gasteiger charge is 2.25. The highest BCUT2D eigenvalue weighted by atomic mass is 32.2. The Hall–Kier alpha value is -1.15. The molecule has 1 atom stereocenters. The zero-order valence-corrected chi connectivity index (χ0v) is 18.2. The van der Waals surface area contributed by atoms with Crippen molar-refractivity contribution in [1.82, 2.24) is 20.4 Å². The van der Waals surface area contributed by atoms with Crippen molar-refractivity contribution in [1.29, 1.82) is 0 Å². The molecule has 2 fully saturated rings. The summed E-state index contributed by atoms with van der Waals surface area (Å²) in [5.41, 5.74) is -0.433. The maximum atomic E-state index is 12.1. The number of piperazine rings is 1. The third kappa shape index (κ3) is 8.60. The normalized spacial score (nSPS) is 22.0. The lowest BCUT2D eigenvalue weighted by molar-refractivity contribution is 0.0147. The van der Waals surface area contributed by atoms with E-state index in [0.29, 0.717) is 5.25 Å². The van der Waals surface area contributed by atoms with E-state index in [4.69, 9.17) is 9.73 Å².